The molecule has 7 nitrogen and oxygen atoms in total. The highest BCUT2D eigenvalue weighted by Crippen LogP contribution is 2.08. The maximum absolute atomic E-state index is 12.1. The number of aromatic nitrogens is 5. The van der Waals surface area contributed by atoms with E-state index in [0.717, 1.165) is 49.6 Å². The van der Waals surface area contributed by atoms with Crippen LogP contribution in [0.4, 0.5) is 0 Å². The minimum atomic E-state index is -0.0847. The first-order chi connectivity index (χ1) is 9.78. The molecule has 2 aromatic heterocycles. The molecule has 106 valence electrons. The number of aryl methyl sites for hydroxylation is 1. The van der Waals surface area contributed by atoms with Crippen molar-refractivity contribution in [1.29, 1.82) is 0 Å². The van der Waals surface area contributed by atoms with Gasteiger partial charge >= 0.3 is 0 Å². The molecule has 2 aromatic rings. The second-order valence-corrected chi connectivity index (χ2v) is 4.94. The molecule has 0 saturated heterocycles. The lowest BCUT2D eigenvalue weighted by molar-refractivity contribution is 0.512. The van der Waals surface area contributed by atoms with Gasteiger partial charge in [0.25, 0.3) is 5.56 Å². The molecular weight excluding hydrogens is 256 g/mol. The van der Waals surface area contributed by atoms with Crippen LogP contribution in [0.2, 0.25) is 0 Å². The summed E-state index contributed by atoms with van der Waals surface area (Å²) >= 11 is 0. The summed E-state index contributed by atoms with van der Waals surface area (Å²) in [5.41, 5.74) is 1.93. The number of hydrogen-bond donors (Lipinski definition) is 1. The van der Waals surface area contributed by atoms with Gasteiger partial charge in [-0.05, 0) is 12.0 Å². The molecule has 7 heteroatoms. The van der Waals surface area contributed by atoms with Crippen LogP contribution in [-0.2, 0) is 26.1 Å². The molecule has 0 aliphatic carbocycles. The zero-order valence-electron chi connectivity index (χ0n) is 11.5. The van der Waals surface area contributed by atoms with E-state index in [9.17, 15) is 4.79 Å². The molecule has 0 radical (unpaired) electrons. The Morgan fingerprint density at radius 1 is 1.40 bits per heavy atom. The quantitative estimate of drug-likeness (QED) is 0.845. The molecule has 1 aliphatic rings. The SMILES string of the molecule is CCCn1ncnc1Cn1nc2c(cc1=O)CNCC2. The average Bonchev–Trinajstić information content (AvgIpc) is 2.87. The topological polar surface area (TPSA) is 77.6 Å². The first-order valence-corrected chi connectivity index (χ1v) is 6.95. The van der Waals surface area contributed by atoms with Crippen LogP contribution < -0.4 is 10.9 Å². The smallest absolute Gasteiger partial charge is 0.267 e. The summed E-state index contributed by atoms with van der Waals surface area (Å²) < 4.78 is 3.31. The molecule has 20 heavy (non-hydrogen) atoms. The van der Waals surface area contributed by atoms with Gasteiger partial charge in [-0.1, -0.05) is 6.92 Å². The van der Waals surface area contributed by atoms with Crippen molar-refractivity contribution in [3.05, 3.63) is 39.8 Å². The van der Waals surface area contributed by atoms with Crippen molar-refractivity contribution in [3.8, 4) is 0 Å². The van der Waals surface area contributed by atoms with Gasteiger partial charge in [-0.3, -0.25) is 4.79 Å². The van der Waals surface area contributed by atoms with Gasteiger partial charge in [-0.15, -0.1) is 0 Å². The van der Waals surface area contributed by atoms with Crippen molar-refractivity contribution < 1.29 is 0 Å². The fourth-order valence-corrected chi connectivity index (χ4v) is 2.42. The van der Waals surface area contributed by atoms with Gasteiger partial charge in [0.2, 0.25) is 0 Å². The molecule has 0 saturated carbocycles. The van der Waals surface area contributed by atoms with Crippen molar-refractivity contribution in [2.45, 2.75) is 39.4 Å². The van der Waals surface area contributed by atoms with Crippen molar-refractivity contribution >= 4 is 0 Å². The predicted molar refractivity (Wildman–Crippen MR) is 73.3 cm³/mol. The van der Waals surface area contributed by atoms with E-state index in [1.165, 1.54) is 11.0 Å². The maximum atomic E-state index is 12.1. The van der Waals surface area contributed by atoms with Crippen LogP contribution in [0.5, 0.6) is 0 Å². The highest BCUT2D eigenvalue weighted by atomic mass is 16.1. The molecule has 0 fully saturated rings. The summed E-state index contributed by atoms with van der Waals surface area (Å²) in [6, 6.07) is 1.68. The number of nitrogens with one attached hydrogen (secondary N) is 1. The van der Waals surface area contributed by atoms with Gasteiger partial charge in [-0.25, -0.2) is 14.3 Å². The van der Waals surface area contributed by atoms with Gasteiger partial charge in [0, 0.05) is 32.1 Å². The third kappa shape index (κ3) is 2.49. The van der Waals surface area contributed by atoms with Gasteiger partial charge in [-0.2, -0.15) is 10.2 Å². The van der Waals surface area contributed by atoms with E-state index in [2.05, 4.69) is 27.4 Å². The number of hydrogen-bond acceptors (Lipinski definition) is 5. The minimum Gasteiger partial charge on any atom is -0.312 e. The van der Waals surface area contributed by atoms with E-state index in [0.29, 0.717) is 6.54 Å². The van der Waals surface area contributed by atoms with E-state index < -0.39 is 0 Å². The Morgan fingerprint density at radius 2 is 2.30 bits per heavy atom. The lowest BCUT2D eigenvalue weighted by atomic mass is 10.1. The van der Waals surface area contributed by atoms with Crippen LogP contribution in [0.3, 0.4) is 0 Å². The number of nitrogens with zero attached hydrogens (tertiary/aromatic N) is 5. The number of rotatable bonds is 4. The van der Waals surface area contributed by atoms with E-state index >= 15 is 0 Å². The predicted octanol–water partition coefficient (Wildman–Crippen LogP) is -0.0612. The molecule has 3 heterocycles. The zero-order valence-corrected chi connectivity index (χ0v) is 11.5. The summed E-state index contributed by atoms with van der Waals surface area (Å²) in [6.45, 7) is 4.90. The van der Waals surface area contributed by atoms with E-state index in [4.69, 9.17) is 0 Å². The summed E-state index contributed by atoms with van der Waals surface area (Å²) in [5.74, 6) is 0.773. The second-order valence-electron chi connectivity index (χ2n) is 4.94. The van der Waals surface area contributed by atoms with Crippen LogP contribution in [0, 0.1) is 0 Å². The third-order valence-corrected chi connectivity index (χ3v) is 3.44. The Morgan fingerprint density at radius 3 is 3.15 bits per heavy atom. The summed E-state index contributed by atoms with van der Waals surface area (Å²) in [6.07, 6.45) is 3.37. The standard InChI is InChI=1S/C13H18N6O/c1-2-5-18-12(15-9-16-18)8-19-13(20)6-10-7-14-4-3-11(10)17-19/h6,9,14H,2-5,7-8H2,1H3. The molecule has 1 N–H and O–H groups in total. The molecule has 0 atom stereocenters. The largest absolute Gasteiger partial charge is 0.312 e. The van der Waals surface area contributed by atoms with Crippen LogP contribution in [-0.4, -0.2) is 31.1 Å². The third-order valence-electron chi connectivity index (χ3n) is 3.44. The Balaban J connectivity index is 1.90. The van der Waals surface area contributed by atoms with Gasteiger partial charge in [0.05, 0.1) is 5.69 Å². The molecule has 0 spiro atoms. The maximum Gasteiger partial charge on any atom is 0.267 e. The van der Waals surface area contributed by atoms with Gasteiger partial charge in [0.15, 0.2) is 0 Å². The molecule has 0 aromatic carbocycles. The van der Waals surface area contributed by atoms with Crippen LogP contribution in [0.25, 0.3) is 0 Å². The van der Waals surface area contributed by atoms with Crippen LogP contribution in [0.15, 0.2) is 17.2 Å². The summed E-state index contributed by atoms with van der Waals surface area (Å²) in [4.78, 5) is 16.3. The summed E-state index contributed by atoms with van der Waals surface area (Å²) in [5, 5.41) is 11.9. The lowest BCUT2D eigenvalue weighted by Gasteiger charge is -2.17. The van der Waals surface area contributed by atoms with E-state index in [1.807, 2.05) is 4.68 Å². The van der Waals surface area contributed by atoms with Crippen molar-refractivity contribution in [1.82, 2.24) is 29.9 Å². The van der Waals surface area contributed by atoms with Crippen LogP contribution >= 0.6 is 0 Å². The first kappa shape index (κ1) is 13.0. The van der Waals surface area contributed by atoms with E-state index in [1.54, 1.807) is 6.07 Å². The Labute approximate surface area is 116 Å². The lowest BCUT2D eigenvalue weighted by Crippen LogP contribution is -2.32. The minimum absolute atomic E-state index is 0.0847. The fraction of sp³-hybridized carbons (Fsp3) is 0.538. The van der Waals surface area contributed by atoms with Crippen molar-refractivity contribution in [2.24, 2.45) is 0 Å². The summed E-state index contributed by atoms with van der Waals surface area (Å²) in [7, 11) is 0. The normalized spacial score (nSPS) is 14.2. The fourth-order valence-electron chi connectivity index (χ4n) is 2.42. The molecule has 0 amide bonds. The van der Waals surface area contributed by atoms with Crippen LogP contribution in [0.1, 0.15) is 30.4 Å². The van der Waals surface area contributed by atoms with Gasteiger partial charge < -0.3 is 5.32 Å². The number of fused-ring (bicyclic) bond motifs is 1. The second kappa shape index (κ2) is 5.54. The first-order valence-electron chi connectivity index (χ1n) is 6.95. The molecule has 1 aliphatic heterocycles. The zero-order chi connectivity index (χ0) is 13.9. The molecule has 3 rings (SSSR count). The highest BCUT2D eigenvalue weighted by Gasteiger charge is 2.14. The van der Waals surface area contributed by atoms with Crippen molar-refractivity contribution in [3.63, 3.8) is 0 Å². The monoisotopic (exact) mass is 274 g/mol. The van der Waals surface area contributed by atoms with Crippen molar-refractivity contribution in [2.75, 3.05) is 6.54 Å². The Hall–Kier alpha value is -2.02. The molecular formula is C13H18N6O. The van der Waals surface area contributed by atoms with Gasteiger partial charge in [0.1, 0.15) is 18.7 Å². The Bertz CT molecular complexity index is 659. The van der Waals surface area contributed by atoms with E-state index in [-0.39, 0.29) is 5.56 Å². The molecule has 0 bridgehead atoms. The average molecular weight is 274 g/mol. The Kier molecular flexibility index (Phi) is 3.60. The highest BCUT2D eigenvalue weighted by molar-refractivity contribution is 5.20. The molecule has 0 unspecified atom stereocenters.